The summed E-state index contributed by atoms with van der Waals surface area (Å²) in [4.78, 5) is 51.0. The first-order valence-electron chi connectivity index (χ1n) is 10.3. The third-order valence-corrected chi connectivity index (χ3v) is 5.49. The van der Waals surface area contributed by atoms with Crippen molar-refractivity contribution in [1.29, 1.82) is 0 Å². The van der Waals surface area contributed by atoms with Crippen molar-refractivity contribution in [2.45, 2.75) is 19.9 Å². The van der Waals surface area contributed by atoms with Crippen molar-refractivity contribution < 1.29 is 14.0 Å². The first-order valence-corrected chi connectivity index (χ1v) is 10.3. The van der Waals surface area contributed by atoms with Crippen molar-refractivity contribution in [2.24, 2.45) is 0 Å². The summed E-state index contributed by atoms with van der Waals surface area (Å²) >= 11 is 0. The normalized spacial score (nSPS) is 14.7. The molecule has 0 atom stereocenters. The number of carbonyl (C=O) groups excluding carboxylic acids is 2. The van der Waals surface area contributed by atoms with Gasteiger partial charge in [-0.2, -0.15) is 0 Å². The standard InChI is InChI=1S/C22H23FN6O3/c1-3-14-7-17-18(27-21(14)31)6-13(9-25-17)11-28-4-5-29(19(30)12-28)15-8-16(23)20(26-10-15)22(32)24-2/h6-10H,3-5,11-12H2,1-2H3,(H,24,32)(H,27,31). The Bertz CT molecular complexity index is 1260. The van der Waals surface area contributed by atoms with Crippen LogP contribution in [-0.4, -0.2) is 58.3 Å². The molecule has 32 heavy (non-hydrogen) atoms. The van der Waals surface area contributed by atoms with Crippen LogP contribution >= 0.6 is 0 Å². The quantitative estimate of drug-likeness (QED) is 0.620. The maximum Gasteiger partial charge on any atom is 0.272 e. The number of amides is 2. The van der Waals surface area contributed by atoms with Crippen molar-refractivity contribution in [3.8, 4) is 0 Å². The Morgan fingerprint density at radius 2 is 2.00 bits per heavy atom. The number of rotatable bonds is 5. The number of nitrogens with zero attached hydrogens (tertiary/aromatic N) is 4. The van der Waals surface area contributed by atoms with Gasteiger partial charge in [0.15, 0.2) is 11.5 Å². The van der Waals surface area contributed by atoms with Gasteiger partial charge in [0, 0.05) is 44.5 Å². The summed E-state index contributed by atoms with van der Waals surface area (Å²) < 4.78 is 14.2. The second-order valence-electron chi connectivity index (χ2n) is 7.61. The van der Waals surface area contributed by atoms with Gasteiger partial charge in [-0.15, -0.1) is 0 Å². The van der Waals surface area contributed by atoms with E-state index in [2.05, 4.69) is 20.3 Å². The molecule has 2 N–H and O–H groups in total. The number of aromatic amines is 1. The van der Waals surface area contributed by atoms with E-state index in [0.717, 1.165) is 17.1 Å². The van der Waals surface area contributed by atoms with Gasteiger partial charge >= 0.3 is 0 Å². The van der Waals surface area contributed by atoms with E-state index >= 15 is 0 Å². The maximum atomic E-state index is 14.2. The lowest BCUT2D eigenvalue weighted by molar-refractivity contribution is -0.121. The molecule has 4 heterocycles. The number of carbonyl (C=O) groups is 2. The number of hydrogen-bond acceptors (Lipinski definition) is 6. The molecule has 0 radical (unpaired) electrons. The molecule has 1 aliphatic heterocycles. The van der Waals surface area contributed by atoms with E-state index in [9.17, 15) is 18.8 Å². The van der Waals surface area contributed by atoms with Crippen LogP contribution in [0, 0.1) is 5.82 Å². The summed E-state index contributed by atoms with van der Waals surface area (Å²) in [6, 6.07) is 4.82. The minimum Gasteiger partial charge on any atom is -0.354 e. The van der Waals surface area contributed by atoms with Crippen molar-refractivity contribution in [2.75, 3.05) is 31.6 Å². The van der Waals surface area contributed by atoms with Gasteiger partial charge in [-0.3, -0.25) is 24.3 Å². The van der Waals surface area contributed by atoms with Crippen LogP contribution in [0.5, 0.6) is 0 Å². The highest BCUT2D eigenvalue weighted by molar-refractivity contribution is 5.96. The highest BCUT2D eigenvalue weighted by atomic mass is 19.1. The smallest absolute Gasteiger partial charge is 0.272 e. The van der Waals surface area contributed by atoms with Gasteiger partial charge in [0.25, 0.3) is 11.5 Å². The number of pyridine rings is 3. The highest BCUT2D eigenvalue weighted by Gasteiger charge is 2.26. The lowest BCUT2D eigenvalue weighted by Gasteiger charge is -2.34. The molecule has 9 nitrogen and oxygen atoms in total. The largest absolute Gasteiger partial charge is 0.354 e. The Hall–Kier alpha value is -3.66. The number of aromatic nitrogens is 3. The third-order valence-electron chi connectivity index (χ3n) is 5.49. The van der Waals surface area contributed by atoms with E-state index in [-0.39, 0.29) is 23.7 Å². The molecule has 2 amide bonds. The Labute approximate surface area is 183 Å². The fourth-order valence-electron chi connectivity index (χ4n) is 3.76. The molecule has 0 aliphatic carbocycles. The molecule has 1 aliphatic rings. The average Bonchev–Trinajstić information content (AvgIpc) is 2.78. The number of fused-ring (bicyclic) bond motifs is 1. The molecule has 0 spiro atoms. The number of piperazine rings is 1. The van der Waals surface area contributed by atoms with Gasteiger partial charge in [0.1, 0.15) is 0 Å². The molecule has 166 valence electrons. The van der Waals surface area contributed by atoms with Crippen molar-refractivity contribution in [3.05, 3.63) is 63.6 Å². The second kappa shape index (κ2) is 8.83. The number of halogens is 1. The third kappa shape index (κ3) is 4.22. The molecule has 0 bridgehead atoms. The lowest BCUT2D eigenvalue weighted by Crippen LogP contribution is -2.50. The van der Waals surface area contributed by atoms with Gasteiger partial charge in [0.05, 0.1) is 29.5 Å². The van der Waals surface area contributed by atoms with Crippen LogP contribution in [0.4, 0.5) is 10.1 Å². The Kier molecular flexibility index (Phi) is 5.95. The summed E-state index contributed by atoms with van der Waals surface area (Å²) in [5.41, 5.74) is 2.83. The van der Waals surface area contributed by atoms with Gasteiger partial charge in [-0.1, -0.05) is 6.92 Å². The molecular formula is C22H23FN6O3. The zero-order chi connectivity index (χ0) is 22.8. The SMILES string of the molecule is CCc1cc2ncc(CN3CCN(c4cnc(C(=O)NC)c(F)c4)C(=O)C3)cc2[nH]c1=O. The first-order chi connectivity index (χ1) is 15.4. The summed E-state index contributed by atoms with van der Waals surface area (Å²) in [6.45, 7) is 3.47. The van der Waals surface area contributed by atoms with Gasteiger partial charge in [0.2, 0.25) is 5.91 Å². The second-order valence-corrected chi connectivity index (χ2v) is 7.61. The van der Waals surface area contributed by atoms with Crippen LogP contribution in [0.15, 0.2) is 35.4 Å². The van der Waals surface area contributed by atoms with Crippen molar-refractivity contribution >= 4 is 28.5 Å². The average molecular weight is 438 g/mol. The molecule has 1 fully saturated rings. The van der Waals surface area contributed by atoms with E-state index in [4.69, 9.17) is 0 Å². The Morgan fingerprint density at radius 1 is 1.19 bits per heavy atom. The number of nitrogens with one attached hydrogen (secondary N) is 2. The number of anilines is 1. The Morgan fingerprint density at radius 3 is 2.69 bits per heavy atom. The van der Waals surface area contributed by atoms with Crippen LogP contribution in [-0.2, 0) is 17.8 Å². The van der Waals surface area contributed by atoms with Crippen LogP contribution in [0.1, 0.15) is 28.5 Å². The zero-order valence-electron chi connectivity index (χ0n) is 17.8. The maximum absolute atomic E-state index is 14.2. The van der Waals surface area contributed by atoms with Crippen molar-refractivity contribution in [1.82, 2.24) is 25.2 Å². The molecule has 10 heteroatoms. The first kappa shape index (κ1) is 21.6. The topological polar surface area (TPSA) is 111 Å². The Balaban J connectivity index is 1.46. The molecule has 3 aromatic rings. The zero-order valence-corrected chi connectivity index (χ0v) is 17.8. The van der Waals surface area contributed by atoms with Crippen LogP contribution in [0.3, 0.4) is 0 Å². The number of H-pyrrole nitrogens is 1. The lowest BCUT2D eigenvalue weighted by atomic mass is 10.1. The van der Waals surface area contributed by atoms with Gasteiger partial charge in [-0.05, 0) is 24.1 Å². The van der Waals surface area contributed by atoms with Crippen molar-refractivity contribution in [3.63, 3.8) is 0 Å². The van der Waals surface area contributed by atoms with E-state index in [0.29, 0.717) is 42.8 Å². The molecule has 1 saturated heterocycles. The van der Waals surface area contributed by atoms with E-state index in [1.54, 1.807) is 12.3 Å². The number of aryl methyl sites for hydroxylation is 1. The molecule has 0 saturated carbocycles. The summed E-state index contributed by atoms with van der Waals surface area (Å²) in [5.74, 6) is -1.60. The minimum absolute atomic E-state index is 0.119. The van der Waals surface area contributed by atoms with E-state index < -0.39 is 11.7 Å². The summed E-state index contributed by atoms with van der Waals surface area (Å²) in [6.07, 6.45) is 3.71. The predicted molar refractivity (Wildman–Crippen MR) is 117 cm³/mol. The molecular weight excluding hydrogens is 415 g/mol. The highest BCUT2D eigenvalue weighted by Crippen LogP contribution is 2.20. The van der Waals surface area contributed by atoms with Crippen LogP contribution < -0.4 is 15.8 Å². The van der Waals surface area contributed by atoms with E-state index in [1.165, 1.54) is 18.1 Å². The summed E-state index contributed by atoms with van der Waals surface area (Å²) in [7, 11) is 1.39. The van der Waals surface area contributed by atoms with Crippen LogP contribution in [0.2, 0.25) is 0 Å². The van der Waals surface area contributed by atoms with Gasteiger partial charge in [-0.25, -0.2) is 9.37 Å². The molecule has 0 aromatic carbocycles. The fraction of sp³-hybridized carbons (Fsp3) is 0.318. The van der Waals surface area contributed by atoms with E-state index in [1.807, 2.05) is 17.9 Å². The molecule has 4 rings (SSSR count). The molecule has 0 unspecified atom stereocenters. The summed E-state index contributed by atoms with van der Waals surface area (Å²) in [5, 5.41) is 2.33. The van der Waals surface area contributed by atoms with Gasteiger partial charge < -0.3 is 15.2 Å². The predicted octanol–water partition coefficient (Wildman–Crippen LogP) is 1.23. The van der Waals surface area contributed by atoms with Crippen LogP contribution in [0.25, 0.3) is 11.0 Å². The minimum atomic E-state index is -0.778. The monoisotopic (exact) mass is 438 g/mol. The fourth-order valence-corrected chi connectivity index (χ4v) is 3.76. The number of hydrogen-bond donors (Lipinski definition) is 2. The molecule has 3 aromatic heterocycles.